The van der Waals surface area contributed by atoms with E-state index in [1.807, 2.05) is 0 Å². The van der Waals surface area contributed by atoms with E-state index in [2.05, 4.69) is 34.1 Å². The van der Waals surface area contributed by atoms with Crippen LogP contribution in [0, 0.1) is 6.92 Å². The van der Waals surface area contributed by atoms with Crippen molar-refractivity contribution >= 4 is 23.1 Å². The van der Waals surface area contributed by atoms with Gasteiger partial charge in [0.2, 0.25) is 0 Å². The summed E-state index contributed by atoms with van der Waals surface area (Å²) in [5.41, 5.74) is -0.154. The molecule has 0 atom stereocenters. The maximum atomic E-state index is 13.8. The van der Waals surface area contributed by atoms with E-state index in [-0.39, 0.29) is 21.8 Å². The second-order valence-electron chi connectivity index (χ2n) is 6.67. The summed E-state index contributed by atoms with van der Waals surface area (Å²) >= 11 is 6.21. The first-order valence-corrected chi connectivity index (χ1v) is 9.82. The Labute approximate surface area is 172 Å². The Morgan fingerprint density at radius 1 is 1.17 bits per heavy atom. The number of benzene rings is 1. The minimum absolute atomic E-state index is 0.112. The molecule has 3 aromatic rings. The van der Waals surface area contributed by atoms with Crippen molar-refractivity contribution in [1.82, 2.24) is 19.5 Å². The molecular formula is C20H23ClF3N5. The predicted octanol–water partition coefficient (Wildman–Crippen LogP) is 5.13. The molecule has 0 bridgehead atoms. The van der Waals surface area contributed by atoms with Crippen LogP contribution in [0.5, 0.6) is 0 Å². The standard InChI is InChI=1S/C20H23ClF3N5/c1-4-28(5-2)11-10-25-16-12-13(3)26-19-17(14-8-6-7-9-15(14)21)18(20(22,23)24)27-29(16)19/h6-9,12,25H,4-5,10-11H2,1-3H3. The Morgan fingerprint density at radius 3 is 2.48 bits per heavy atom. The SMILES string of the molecule is CCN(CC)CCNc1cc(C)nc2c(-c3ccccc3Cl)c(C(F)(F)F)nn12. The van der Waals surface area contributed by atoms with Gasteiger partial charge >= 0.3 is 6.18 Å². The highest BCUT2D eigenvalue weighted by atomic mass is 35.5. The lowest BCUT2D eigenvalue weighted by Crippen LogP contribution is -2.29. The summed E-state index contributed by atoms with van der Waals surface area (Å²) in [4.78, 5) is 6.57. The highest BCUT2D eigenvalue weighted by Gasteiger charge is 2.39. The number of hydrogen-bond donors (Lipinski definition) is 1. The fraction of sp³-hybridized carbons (Fsp3) is 0.400. The number of aromatic nitrogens is 3. The van der Waals surface area contributed by atoms with E-state index < -0.39 is 11.9 Å². The van der Waals surface area contributed by atoms with Crippen molar-refractivity contribution in [2.45, 2.75) is 26.9 Å². The Morgan fingerprint density at radius 2 is 1.86 bits per heavy atom. The van der Waals surface area contributed by atoms with Gasteiger partial charge in [0, 0.05) is 35.4 Å². The lowest BCUT2D eigenvalue weighted by atomic mass is 10.1. The van der Waals surface area contributed by atoms with Crippen molar-refractivity contribution in [1.29, 1.82) is 0 Å². The fourth-order valence-corrected chi connectivity index (χ4v) is 3.49. The minimum atomic E-state index is -4.64. The lowest BCUT2D eigenvalue weighted by molar-refractivity contribution is -0.140. The monoisotopic (exact) mass is 425 g/mol. The molecule has 29 heavy (non-hydrogen) atoms. The van der Waals surface area contributed by atoms with Crippen LogP contribution >= 0.6 is 11.6 Å². The molecule has 1 N–H and O–H groups in total. The van der Waals surface area contributed by atoms with Crippen LogP contribution in [0.15, 0.2) is 30.3 Å². The smallest absolute Gasteiger partial charge is 0.369 e. The van der Waals surface area contributed by atoms with Crippen LogP contribution in [0.4, 0.5) is 19.0 Å². The van der Waals surface area contributed by atoms with Crippen molar-refractivity contribution in [3.63, 3.8) is 0 Å². The third kappa shape index (κ3) is 4.48. The molecule has 3 rings (SSSR count). The van der Waals surface area contributed by atoms with Gasteiger partial charge in [-0.2, -0.15) is 22.8 Å². The van der Waals surface area contributed by atoms with Gasteiger partial charge in [-0.05, 0) is 26.1 Å². The third-order valence-corrected chi connectivity index (χ3v) is 5.09. The summed E-state index contributed by atoms with van der Waals surface area (Å²) in [5, 5.41) is 7.29. The van der Waals surface area contributed by atoms with E-state index in [1.54, 1.807) is 37.3 Å². The molecule has 9 heteroatoms. The van der Waals surface area contributed by atoms with Crippen molar-refractivity contribution in [3.8, 4) is 11.1 Å². The van der Waals surface area contributed by atoms with Crippen molar-refractivity contribution in [2.24, 2.45) is 0 Å². The number of fused-ring (bicyclic) bond motifs is 1. The van der Waals surface area contributed by atoms with Crippen LogP contribution in [-0.2, 0) is 6.18 Å². The molecule has 0 amide bonds. The van der Waals surface area contributed by atoms with E-state index in [0.29, 0.717) is 18.1 Å². The summed E-state index contributed by atoms with van der Waals surface area (Å²) in [6.07, 6.45) is -4.64. The van der Waals surface area contributed by atoms with E-state index in [9.17, 15) is 13.2 Å². The van der Waals surface area contributed by atoms with Gasteiger partial charge in [0.1, 0.15) is 5.82 Å². The quantitative estimate of drug-likeness (QED) is 0.570. The molecule has 5 nitrogen and oxygen atoms in total. The topological polar surface area (TPSA) is 45.5 Å². The molecule has 0 fully saturated rings. The van der Waals surface area contributed by atoms with E-state index in [4.69, 9.17) is 11.6 Å². The van der Waals surface area contributed by atoms with Gasteiger partial charge in [0.25, 0.3) is 0 Å². The van der Waals surface area contributed by atoms with Crippen LogP contribution in [-0.4, -0.2) is 45.7 Å². The summed E-state index contributed by atoms with van der Waals surface area (Å²) in [7, 11) is 0. The Bertz CT molecular complexity index is 996. The van der Waals surface area contributed by atoms with Crippen molar-refractivity contribution < 1.29 is 13.2 Å². The molecule has 0 unspecified atom stereocenters. The normalized spacial score (nSPS) is 12.1. The molecule has 0 aliphatic carbocycles. The van der Waals surface area contributed by atoms with Gasteiger partial charge in [-0.1, -0.05) is 43.6 Å². The molecular weight excluding hydrogens is 403 g/mol. The predicted molar refractivity (Wildman–Crippen MR) is 109 cm³/mol. The first-order chi connectivity index (χ1) is 13.8. The van der Waals surface area contributed by atoms with Gasteiger partial charge in [-0.15, -0.1) is 0 Å². The number of anilines is 1. The Kier molecular flexibility index (Phi) is 6.33. The molecule has 0 radical (unpaired) electrons. The maximum Gasteiger partial charge on any atom is 0.435 e. The van der Waals surface area contributed by atoms with Gasteiger partial charge in [0.05, 0.1) is 5.56 Å². The summed E-state index contributed by atoms with van der Waals surface area (Å²) in [6, 6.07) is 8.11. The number of nitrogens with zero attached hydrogens (tertiary/aromatic N) is 4. The van der Waals surface area contributed by atoms with Gasteiger partial charge in [-0.25, -0.2) is 4.98 Å². The van der Waals surface area contributed by atoms with Gasteiger partial charge in [-0.3, -0.25) is 0 Å². The highest BCUT2D eigenvalue weighted by Crippen LogP contribution is 2.41. The Balaban J connectivity index is 2.13. The van der Waals surface area contributed by atoms with Crippen LogP contribution in [0.3, 0.4) is 0 Å². The van der Waals surface area contributed by atoms with Crippen molar-refractivity contribution in [3.05, 3.63) is 46.7 Å². The van der Waals surface area contributed by atoms with Crippen LogP contribution in [0.2, 0.25) is 5.02 Å². The number of likely N-dealkylation sites (N-methyl/N-ethyl adjacent to an activating group) is 1. The van der Waals surface area contributed by atoms with Crippen LogP contribution < -0.4 is 5.32 Å². The average Bonchev–Trinajstić information content (AvgIpc) is 3.05. The fourth-order valence-electron chi connectivity index (χ4n) is 3.26. The number of aryl methyl sites for hydroxylation is 1. The zero-order valence-corrected chi connectivity index (χ0v) is 17.3. The molecule has 0 spiro atoms. The summed E-state index contributed by atoms with van der Waals surface area (Å²) in [6.45, 7) is 9.02. The van der Waals surface area contributed by atoms with Gasteiger partial charge in [0.15, 0.2) is 11.3 Å². The minimum Gasteiger partial charge on any atom is -0.369 e. The molecule has 2 aromatic heterocycles. The molecule has 0 saturated carbocycles. The van der Waals surface area contributed by atoms with E-state index in [0.717, 1.165) is 19.6 Å². The largest absolute Gasteiger partial charge is 0.435 e. The number of nitrogens with one attached hydrogen (secondary N) is 1. The number of alkyl halides is 3. The van der Waals surface area contributed by atoms with Crippen LogP contribution in [0.25, 0.3) is 16.8 Å². The lowest BCUT2D eigenvalue weighted by Gasteiger charge is -2.18. The molecule has 156 valence electrons. The number of halogens is 4. The zero-order valence-electron chi connectivity index (χ0n) is 16.5. The van der Waals surface area contributed by atoms with Crippen molar-refractivity contribution in [2.75, 3.05) is 31.5 Å². The first kappa shape index (κ1) is 21.4. The zero-order chi connectivity index (χ0) is 21.2. The van der Waals surface area contributed by atoms with Gasteiger partial charge < -0.3 is 10.2 Å². The van der Waals surface area contributed by atoms with E-state index >= 15 is 0 Å². The first-order valence-electron chi connectivity index (χ1n) is 9.45. The molecule has 0 aliphatic heterocycles. The highest BCUT2D eigenvalue weighted by molar-refractivity contribution is 6.33. The second-order valence-corrected chi connectivity index (χ2v) is 7.08. The summed E-state index contributed by atoms with van der Waals surface area (Å²) in [5.74, 6) is 0.462. The second kappa shape index (κ2) is 8.59. The van der Waals surface area contributed by atoms with E-state index in [1.165, 1.54) is 4.52 Å². The molecule has 1 aromatic carbocycles. The molecule has 0 saturated heterocycles. The number of hydrogen-bond acceptors (Lipinski definition) is 4. The third-order valence-electron chi connectivity index (χ3n) is 4.76. The Hall–Kier alpha value is -2.32. The van der Waals surface area contributed by atoms with Crippen LogP contribution in [0.1, 0.15) is 25.2 Å². The molecule has 2 heterocycles. The number of rotatable bonds is 7. The molecule has 0 aliphatic rings. The average molecular weight is 426 g/mol. The maximum absolute atomic E-state index is 13.8. The summed E-state index contributed by atoms with van der Waals surface area (Å²) < 4.78 is 42.7.